The highest BCUT2D eigenvalue weighted by Crippen LogP contribution is 2.21. The Morgan fingerprint density at radius 1 is 1.16 bits per heavy atom. The van der Waals surface area contributed by atoms with Gasteiger partial charge >= 0.3 is 12.1 Å². The van der Waals surface area contributed by atoms with Crippen LogP contribution in [0, 0.1) is 0 Å². The van der Waals surface area contributed by atoms with Crippen molar-refractivity contribution < 1.29 is 33.9 Å². The number of amides is 2. The Bertz CT molecular complexity index is 936. The van der Waals surface area contributed by atoms with E-state index in [2.05, 4.69) is 17.4 Å². The zero-order chi connectivity index (χ0) is 22.9. The summed E-state index contributed by atoms with van der Waals surface area (Å²) in [5, 5.41) is 20.3. The number of nitrogens with one attached hydrogen (secondary N) is 1. The average molecular weight is 442 g/mol. The number of rotatable bonds is 8. The van der Waals surface area contributed by atoms with Gasteiger partial charge in [-0.3, -0.25) is 4.79 Å². The molecular weight excluding hydrogens is 414 g/mol. The lowest BCUT2D eigenvalue weighted by Gasteiger charge is -2.34. The Balaban J connectivity index is 1.59. The predicted octanol–water partition coefficient (Wildman–Crippen LogP) is 1.34. The van der Waals surface area contributed by atoms with E-state index in [1.54, 1.807) is 17.2 Å². The minimum Gasteiger partial charge on any atom is -0.480 e. The van der Waals surface area contributed by atoms with Crippen molar-refractivity contribution >= 4 is 18.0 Å². The van der Waals surface area contributed by atoms with E-state index in [0.717, 1.165) is 25.7 Å². The van der Waals surface area contributed by atoms with Crippen molar-refractivity contribution in [2.24, 2.45) is 0 Å². The van der Waals surface area contributed by atoms with Gasteiger partial charge in [0.25, 0.3) is 12.6 Å². The predicted molar refractivity (Wildman–Crippen MR) is 114 cm³/mol. The summed E-state index contributed by atoms with van der Waals surface area (Å²) in [5.41, 5.74) is 1.36. The van der Waals surface area contributed by atoms with Crippen LogP contribution in [0.2, 0.25) is 0 Å². The van der Waals surface area contributed by atoms with Crippen LogP contribution in [-0.4, -0.2) is 58.3 Å². The summed E-state index contributed by atoms with van der Waals surface area (Å²) in [6.07, 6.45) is 6.38. The van der Waals surface area contributed by atoms with Crippen molar-refractivity contribution in [3.05, 3.63) is 66.0 Å². The molecule has 3 rings (SSSR count). The minimum absolute atomic E-state index is 0.0761. The molecule has 170 valence electrons. The maximum atomic E-state index is 12.8. The summed E-state index contributed by atoms with van der Waals surface area (Å²) < 4.78 is 7.02. The number of piperidine rings is 1. The Morgan fingerprint density at radius 2 is 1.94 bits per heavy atom. The molecule has 1 unspecified atom stereocenters. The molecule has 1 aromatic heterocycles. The van der Waals surface area contributed by atoms with E-state index in [1.165, 1.54) is 22.4 Å². The maximum Gasteiger partial charge on any atom is 0.414 e. The number of carbonyl (C=O) groups is 3. The molecular formula is C23H28N3O6+. The number of aromatic nitrogens is 1. The van der Waals surface area contributed by atoms with E-state index in [1.807, 2.05) is 18.2 Å². The molecule has 0 spiro atoms. The summed E-state index contributed by atoms with van der Waals surface area (Å²) in [4.78, 5) is 37.8. The Kier molecular flexibility index (Phi) is 8.15. The van der Waals surface area contributed by atoms with Gasteiger partial charge in [0.05, 0.1) is 6.61 Å². The van der Waals surface area contributed by atoms with Crippen molar-refractivity contribution in [1.82, 2.24) is 10.2 Å². The number of pyridine rings is 1. The number of aliphatic carboxylic acids is 1. The van der Waals surface area contributed by atoms with E-state index < -0.39 is 30.6 Å². The van der Waals surface area contributed by atoms with Crippen molar-refractivity contribution in [1.29, 1.82) is 0 Å². The SMILES string of the molecule is O=C(N[C@@H](CO)C(=O)O)c1ccc[n+](COC(=O)N2CCCCC2Cc2ccccc2)c1. The monoisotopic (exact) mass is 442 g/mol. The quantitative estimate of drug-likeness (QED) is 0.531. The first kappa shape index (κ1) is 23.2. The number of carboxylic acid groups (broad SMARTS) is 1. The summed E-state index contributed by atoms with van der Waals surface area (Å²) in [7, 11) is 0. The van der Waals surface area contributed by atoms with Crippen LogP contribution in [-0.2, 0) is 22.7 Å². The number of aliphatic hydroxyl groups excluding tert-OH is 1. The third-order valence-electron chi connectivity index (χ3n) is 5.42. The lowest BCUT2D eigenvalue weighted by molar-refractivity contribution is -0.727. The Hall–Kier alpha value is -3.46. The Labute approximate surface area is 186 Å². The number of likely N-dealkylation sites (tertiary alicyclic amines) is 1. The van der Waals surface area contributed by atoms with Gasteiger partial charge in [-0.05, 0) is 37.3 Å². The third kappa shape index (κ3) is 6.27. The topological polar surface area (TPSA) is 120 Å². The summed E-state index contributed by atoms with van der Waals surface area (Å²) in [6, 6.07) is 11.8. The van der Waals surface area contributed by atoms with Crippen LogP contribution in [0.25, 0.3) is 0 Å². The van der Waals surface area contributed by atoms with Gasteiger partial charge in [-0.15, -0.1) is 0 Å². The van der Waals surface area contributed by atoms with Gasteiger partial charge in [-0.25, -0.2) is 9.59 Å². The number of hydrogen-bond acceptors (Lipinski definition) is 5. The highest BCUT2D eigenvalue weighted by molar-refractivity contribution is 5.96. The van der Waals surface area contributed by atoms with E-state index in [-0.39, 0.29) is 18.3 Å². The molecule has 2 aromatic rings. The van der Waals surface area contributed by atoms with Gasteiger partial charge in [0, 0.05) is 18.7 Å². The summed E-state index contributed by atoms with van der Waals surface area (Å²) in [5.74, 6) is -1.98. The first-order valence-corrected chi connectivity index (χ1v) is 10.6. The first-order chi connectivity index (χ1) is 15.5. The minimum atomic E-state index is -1.39. The smallest absolute Gasteiger partial charge is 0.414 e. The molecule has 3 N–H and O–H groups in total. The fourth-order valence-electron chi connectivity index (χ4n) is 3.72. The van der Waals surface area contributed by atoms with Crippen molar-refractivity contribution in [3.63, 3.8) is 0 Å². The van der Waals surface area contributed by atoms with Crippen molar-refractivity contribution in [3.8, 4) is 0 Å². The molecule has 2 amide bonds. The largest absolute Gasteiger partial charge is 0.480 e. The molecule has 1 aromatic carbocycles. The lowest BCUT2D eigenvalue weighted by atomic mass is 9.96. The van der Waals surface area contributed by atoms with Gasteiger partial charge in [-0.1, -0.05) is 30.3 Å². The zero-order valence-electron chi connectivity index (χ0n) is 17.7. The van der Waals surface area contributed by atoms with E-state index >= 15 is 0 Å². The average Bonchev–Trinajstić information content (AvgIpc) is 2.82. The second-order valence-corrected chi connectivity index (χ2v) is 7.73. The molecule has 9 nitrogen and oxygen atoms in total. The van der Waals surface area contributed by atoms with Crippen molar-refractivity contribution in [2.45, 2.75) is 44.5 Å². The van der Waals surface area contributed by atoms with Gasteiger partial charge < -0.3 is 25.2 Å². The third-order valence-corrected chi connectivity index (χ3v) is 5.42. The number of carboxylic acids is 1. The highest BCUT2D eigenvalue weighted by Gasteiger charge is 2.28. The summed E-state index contributed by atoms with van der Waals surface area (Å²) in [6.45, 7) is -0.163. The standard InChI is InChI=1S/C23H27N3O6/c27-15-20(22(29)30)24-21(28)18-9-6-11-25(14-18)16-32-23(31)26-12-5-4-10-19(26)13-17-7-2-1-3-8-17/h1-3,6-9,11,14,19-20,27H,4-5,10,12-13,15-16H2,(H-,24,28,29,30)/p+1/t19?,20-/m0/s1. The summed E-state index contributed by atoms with van der Waals surface area (Å²) >= 11 is 0. The molecule has 1 fully saturated rings. The first-order valence-electron chi connectivity index (χ1n) is 10.6. The fourth-order valence-corrected chi connectivity index (χ4v) is 3.72. The van der Waals surface area contributed by atoms with Gasteiger partial charge in [0.1, 0.15) is 5.56 Å². The van der Waals surface area contributed by atoms with Gasteiger partial charge in [0.2, 0.25) is 0 Å². The normalized spacial score (nSPS) is 16.8. The fraction of sp³-hybridized carbons (Fsp3) is 0.391. The van der Waals surface area contributed by atoms with Crippen LogP contribution in [0.5, 0.6) is 0 Å². The molecule has 2 atom stereocenters. The highest BCUT2D eigenvalue weighted by atomic mass is 16.6. The van der Waals surface area contributed by atoms with Crippen LogP contribution >= 0.6 is 0 Å². The molecule has 0 radical (unpaired) electrons. The molecule has 1 saturated heterocycles. The number of aliphatic hydroxyl groups is 1. The van der Waals surface area contributed by atoms with Crippen LogP contribution in [0.3, 0.4) is 0 Å². The molecule has 0 bridgehead atoms. The second-order valence-electron chi connectivity index (χ2n) is 7.73. The van der Waals surface area contributed by atoms with Crippen LogP contribution in [0.15, 0.2) is 54.9 Å². The molecule has 0 saturated carbocycles. The molecule has 1 aliphatic heterocycles. The number of carbonyl (C=O) groups excluding carboxylic acids is 2. The van der Waals surface area contributed by atoms with Crippen molar-refractivity contribution in [2.75, 3.05) is 13.2 Å². The second kappa shape index (κ2) is 11.2. The zero-order valence-corrected chi connectivity index (χ0v) is 17.7. The lowest BCUT2D eigenvalue weighted by Crippen LogP contribution is -2.47. The maximum absolute atomic E-state index is 12.8. The van der Waals surface area contributed by atoms with Crippen LogP contribution in [0.4, 0.5) is 4.79 Å². The van der Waals surface area contributed by atoms with Crippen LogP contribution in [0.1, 0.15) is 35.2 Å². The van der Waals surface area contributed by atoms with Gasteiger partial charge in [0.15, 0.2) is 18.4 Å². The number of ether oxygens (including phenoxy) is 1. The molecule has 0 aliphatic carbocycles. The number of benzene rings is 1. The van der Waals surface area contributed by atoms with Gasteiger partial charge in [-0.2, -0.15) is 4.57 Å². The van der Waals surface area contributed by atoms with E-state index in [9.17, 15) is 14.4 Å². The van der Waals surface area contributed by atoms with Crippen LogP contribution < -0.4 is 9.88 Å². The molecule has 1 aliphatic rings. The molecule has 2 heterocycles. The Morgan fingerprint density at radius 3 is 2.66 bits per heavy atom. The number of hydrogen-bond donors (Lipinski definition) is 3. The number of nitrogens with zero attached hydrogens (tertiary/aromatic N) is 2. The van der Waals surface area contributed by atoms with E-state index in [0.29, 0.717) is 6.54 Å². The van der Waals surface area contributed by atoms with E-state index in [4.69, 9.17) is 14.9 Å². The molecule has 32 heavy (non-hydrogen) atoms. The molecule has 9 heteroatoms.